The van der Waals surface area contributed by atoms with Gasteiger partial charge in [0.25, 0.3) is 0 Å². The van der Waals surface area contributed by atoms with Crippen molar-refractivity contribution < 1.29 is 19.8 Å². The number of carboxylic acid groups (broad SMARTS) is 1. The standard InChI is InChI=1S/C15H18N2O4/c18-9-10-5-6-16(7-10)15(21)17-8-12(14(19)20)11-3-1-2-4-13(11)17/h1-4,10,12,18H,5-9H2,(H,19,20). The third-order valence-corrected chi connectivity index (χ3v) is 4.31. The van der Waals surface area contributed by atoms with Crippen molar-refractivity contribution >= 4 is 17.7 Å². The van der Waals surface area contributed by atoms with Crippen LogP contribution in [0.2, 0.25) is 0 Å². The van der Waals surface area contributed by atoms with Crippen LogP contribution >= 0.6 is 0 Å². The van der Waals surface area contributed by atoms with Gasteiger partial charge in [0, 0.05) is 37.8 Å². The predicted octanol–water partition coefficient (Wildman–Crippen LogP) is 1.11. The number of carboxylic acids is 1. The van der Waals surface area contributed by atoms with E-state index in [1.54, 1.807) is 28.0 Å². The Morgan fingerprint density at radius 2 is 2.00 bits per heavy atom. The molecule has 1 aromatic rings. The van der Waals surface area contributed by atoms with Gasteiger partial charge >= 0.3 is 12.0 Å². The van der Waals surface area contributed by atoms with E-state index in [0.29, 0.717) is 24.3 Å². The number of fused-ring (bicyclic) bond motifs is 1. The molecule has 2 amide bonds. The maximum atomic E-state index is 12.6. The molecule has 2 N–H and O–H groups in total. The van der Waals surface area contributed by atoms with Gasteiger partial charge < -0.3 is 15.1 Å². The Balaban J connectivity index is 1.84. The van der Waals surface area contributed by atoms with E-state index in [0.717, 1.165) is 6.42 Å². The Kier molecular flexibility index (Phi) is 3.55. The molecule has 0 spiro atoms. The molecular formula is C15H18N2O4. The van der Waals surface area contributed by atoms with Crippen LogP contribution in [-0.2, 0) is 4.79 Å². The number of hydrogen-bond donors (Lipinski definition) is 2. The Labute approximate surface area is 122 Å². The fourth-order valence-corrected chi connectivity index (χ4v) is 3.13. The number of rotatable bonds is 2. The molecule has 3 rings (SSSR count). The van der Waals surface area contributed by atoms with E-state index >= 15 is 0 Å². The molecule has 1 saturated heterocycles. The number of nitrogens with zero attached hydrogens (tertiary/aromatic N) is 2. The molecular weight excluding hydrogens is 272 g/mol. The molecule has 2 atom stereocenters. The van der Waals surface area contributed by atoms with Gasteiger partial charge in [-0.15, -0.1) is 0 Å². The van der Waals surface area contributed by atoms with E-state index in [9.17, 15) is 19.8 Å². The van der Waals surface area contributed by atoms with Crippen LogP contribution in [0.4, 0.5) is 10.5 Å². The summed E-state index contributed by atoms with van der Waals surface area (Å²) in [6.07, 6.45) is 0.792. The topological polar surface area (TPSA) is 81.1 Å². The largest absolute Gasteiger partial charge is 0.481 e. The quantitative estimate of drug-likeness (QED) is 0.855. The van der Waals surface area contributed by atoms with E-state index in [4.69, 9.17) is 0 Å². The molecule has 2 aliphatic heterocycles. The molecule has 2 heterocycles. The van der Waals surface area contributed by atoms with Gasteiger partial charge in [0.1, 0.15) is 5.92 Å². The Morgan fingerprint density at radius 3 is 2.67 bits per heavy atom. The third-order valence-electron chi connectivity index (χ3n) is 4.31. The zero-order valence-electron chi connectivity index (χ0n) is 11.6. The second-order valence-electron chi connectivity index (χ2n) is 5.63. The summed E-state index contributed by atoms with van der Waals surface area (Å²) in [6.45, 7) is 1.40. The highest BCUT2D eigenvalue weighted by molar-refractivity contribution is 5.98. The zero-order chi connectivity index (χ0) is 15.0. The van der Waals surface area contributed by atoms with Gasteiger partial charge in [-0.3, -0.25) is 9.69 Å². The van der Waals surface area contributed by atoms with Gasteiger partial charge in [-0.2, -0.15) is 0 Å². The van der Waals surface area contributed by atoms with Crippen molar-refractivity contribution in [2.24, 2.45) is 5.92 Å². The average molecular weight is 290 g/mol. The maximum absolute atomic E-state index is 12.6. The maximum Gasteiger partial charge on any atom is 0.324 e. The smallest absolute Gasteiger partial charge is 0.324 e. The highest BCUT2D eigenvalue weighted by atomic mass is 16.4. The Hall–Kier alpha value is -2.08. The van der Waals surface area contributed by atoms with Crippen LogP contribution in [0.25, 0.3) is 0 Å². The summed E-state index contributed by atoms with van der Waals surface area (Å²) < 4.78 is 0. The molecule has 1 fully saturated rings. The Morgan fingerprint density at radius 1 is 1.24 bits per heavy atom. The summed E-state index contributed by atoms with van der Waals surface area (Å²) in [5, 5.41) is 18.5. The molecule has 0 aliphatic carbocycles. The summed E-state index contributed by atoms with van der Waals surface area (Å²) in [6, 6.07) is 6.99. The minimum atomic E-state index is -0.910. The molecule has 0 bridgehead atoms. The SMILES string of the molecule is O=C(O)C1CN(C(=O)N2CCC(CO)C2)c2ccccc21. The first-order valence-corrected chi connectivity index (χ1v) is 7.11. The van der Waals surface area contributed by atoms with E-state index < -0.39 is 11.9 Å². The highest BCUT2D eigenvalue weighted by Gasteiger charge is 2.39. The van der Waals surface area contributed by atoms with Crippen molar-refractivity contribution in [1.82, 2.24) is 4.90 Å². The number of urea groups is 1. The van der Waals surface area contributed by atoms with E-state index in [2.05, 4.69) is 0 Å². The van der Waals surface area contributed by atoms with Crippen LogP contribution in [0, 0.1) is 5.92 Å². The molecule has 2 unspecified atom stereocenters. The fraction of sp³-hybridized carbons (Fsp3) is 0.467. The van der Waals surface area contributed by atoms with Gasteiger partial charge in [-0.1, -0.05) is 18.2 Å². The molecule has 6 heteroatoms. The van der Waals surface area contributed by atoms with Crippen LogP contribution in [0.5, 0.6) is 0 Å². The molecule has 1 aromatic carbocycles. The normalized spacial score (nSPS) is 24.2. The van der Waals surface area contributed by atoms with Gasteiger partial charge in [-0.05, 0) is 18.1 Å². The van der Waals surface area contributed by atoms with Crippen molar-refractivity contribution in [2.75, 3.05) is 31.1 Å². The molecule has 0 saturated carbocycles. The number of aliphatic hydroxyl groups excluding tert-OH is 1. The lowest BCUT2D eigenvalue weighted by Gasteiger charge is -2.25. The number of amides is 2. The summed E-state index contributed by atoms with van der Waals surface area (Å²) in [5.41, 5.74) is 1.37. The fourth-order valence-electron chi connectivity index (χ4n) is 3.13. The lowest BCUT2D eigenvalue weighted by atomic mass is 10.0. The molecule has 6 nitrogen and oxygen atoms in total. The van der Waals surface area contributed by atoms with Gasteiger partial charge in [-0.25, -0.2) is 4.79 Å². The summed E-state index contributed by atoms with van der Waals surface area (Å²) in [4.78, 5) is 27.2. The van der Waals surface area contributed by atoms with E-state index in [1.807, 2.05) is 6.07 Å². The number of likely N-dealkylation sites (tertiary alicyclic amines) is 1. The van der Waals surface area contributed by atoms with Gasteiger partial charge in [0.05, 0.1) is 0 Å². The lowest BCUT2D eigenvalue weighted by Crippen LogP contribution is -2.42. The second-order valence-corrected chi connectivity index (χ2v) is 5.63. The number of para-hydroxylation sites is 1. The minimum Gasteiger partial charge on any atom is -0.481 e. The third kappa shape index (κ3) is 2.35. The molecule has 112 valence electrons. The van der Waals surface area contributed by atoms with Crippen molar-refractivity contribution in [2.45, 2.75) is 12.3 Å². The average Bonchev–Trinajstić information content (AvgIpc) is 3.11. The monoisotopic (exact) mass is 290 g/mol. The van der Waals surface area contributed by atoms with Crippen molar-refractivity contribution in [1.29, 1.82) is 0 Å². The highest BCUT2D eigenvalue weighted by Crippen LogP contribution is 2.37. The first kappa shape index (κ1) is 13.9. The molecule has 21 heavy (non-hydrogen) atoms. The summed E-state index contributed by atoms with van der Waals surface area (Å²) in [5.74, 6) is -1.45. The number of carbonyl (C=O) groups is 2. The van der Waals surface area contributed by atoms with Crippen molar-refractivity contribution in [3.05, 3.63) is 29.8 Å². The number of aliphatic hydroxyl groups is 1. The number of carbonyl (C=O) groups excluding carboxylic acids is 1. The number of benzene rings is 1. The van der Waals surface area contributed by atoms with E-state index in [-0.39, 0.29) is 25.1 Å². The Bertz CT molecular complexity index is 575. The first-order valence-electron chi connectivity index (χ1n) is 7.11. The van der Waals surface area contributed by atoms with Crippen LogP contribution < -0.4 is 4.90 Å². The van der Waals surface area contributed by atoms with Crippen molar-refractivity contribution in [3.8, 4) is 0 Å². The van der Waals surface area contributed by atoms with Gasteiger partial charge in [0.2, 0.25) is 0 Å². The lowest BCUT2D eigenvalue weighted by molar-refractivity contribution is -0.138. The molecule has 2 aliphatic rings. The minimum absolute atomic E-state index is 0.0815. The number of hydrogen-bond acceptors (Lipinski definition) is 3. The summed E-state index contributed by atoms with van der Waals surface area (Å²) in [7, 11) is 0. The van der Waals surface area contributed by atoms with E-state index in [1.165, 1.54) is 0 Å². The predicted molar refractivity (Wildman–Crippen MR) is 76.3 cm³/mol. The summed E-state index contributed by atoms with van der Waals surface area (Å²) >= 11 is 0. The number of anilines is 1. The molecule has 0 radical (unpaired) electrons. The van der Waals surface area contributed by atoms with Crippen LogP contribution in [-0.4, -0.2) is 53.4 Å². The number of aliphatic carboxylic acids is 1. The molecule has 0 aromatic heterocycles. The zero-order valence-corrected chi connectivity index (χ0v) is 11.6. The van der Waals surface area contributed by atoms with Crippen molar-refractivity contribution in [3.63, 3.8) is 0 Å². The van der Waals surface area contributed by atoms with Crippen LogP contribution in [0.1, 0.15) is 17.9 Å². The van der Waals surface area contributed by atoms with Gasteiger partial charge in [0.15, 0.2) is 0 Å². The van der Waals surface area contributed by atoms with Crippen LogP contribution in [0.15, 0.2) is 24.3 Å². The van der Waals surface area contributed by atoms with Crippen LogP contribution in [0.3, 0.4) is 0 Å². The first-order chi connectivity index (χ1) is 10.1. The second kappa shape index (κ2) is 5.37.